The molecule has 1 aliphatic rings. The highest BCUT2D eigenvalue weighted by atomic mass is 32.1. The molecule has 1 N–H and O–H groups in total. The van der Waals surface area contributed by atoms with Gasteiger partial charge < -0.3 is 10.1 Å². The minimum Gasteiger partial charge on any atom is -0.378 e. The number of ether oxygens (including phenoxy) is 1. The monoisotopic (exact) mass is 184 g/mol. The first kappa shape index (κ1) is 8.16. The third-order valence-electron chi connectivity index (χ3n) is 2.03. The molecule has 0 spiro atoms. The molecule has 1 aromatic heterocycles. The smallest absolute Gasteiger partial charge is 0.0798 e. The predicted molar refractivity (Wildman–Crippen MR) is 48.3 cm³/mol. The van der Waals surface area contributed by atoms with Crippen LogP contribution >= 0.6 is 11.3 Å². The van der Waals surface area contributed by atoms with Crippen LogP contribution in [-0.2, 0) is 11.3 Å². The number of hydrogen-bond acceptors (Lipinski definition) is 4. The first-order valence-corrected chi connectivity index (χ1v) is 4.94. The lowest BCUT2D eigenvalue weighted by molar-refractivity contribution is -0.00570. The van der Waals surface area contributed by atoms with Gasteiger partial charge >= 0.3 is 0 Å². The second kappa shape index (κ2) is 3.51. The van der Waals surface area contributed by atoms with E-state index in [2.05, 4.69) is 10.3 Å². The third kappa shape index (κ3) is 1.65. The molecule has 1 saturated heterocycles. The first-order valence-electron chi connectivity index (χ1n) is 4.06. The summed E-state index contributed by atoms with van der Waals surface area (Å²) in [5.74, 6) is 0. The Morgan fingerprint density at radius 3 is 3.08 bits per heavy atom. The van der Waals surface area contributed by atoms with Crippen molar-refractivity contribution in [3.05, 3.63) is 16.1 Å². The normalized spacial score (nSPS) is 17.8. The number of nitrogens with one attached hydrogen (secondary N) is 1. The van der Waals surface area contributed by atoms with Gasteiger partial charge in [0.1, 0.15) is 0 Å². The Kier molecular flexibility index (Phi) is 2.39. The van der Waals surface area contributed by atoms with E-state index in [1.165, 1.54) is 4.88 Å². The Morgan fingerprint density at radius 1 is 1.75 bits per heavy atom. The van der Waals surface area contributed by atoms with E-state index in [0.717, 1.165) is 25.5 Å². The van der Waals surface area contributed by atoms with Crippen molar-refractivity contribution < 1.29 is 4.74 Å². The molecule has 4 heteroatoms. The van der Waals surface area contributed by atoms with Crippen molar-refractivity contribution in [3.8, 4) is 0 Å². The Hall–Kier alpha value is -0.450. The molecule has 0 aliphatic carbocycles. The number of aromatic nitrogens is 1. The van der Waals surface area contributed by atoms with Crippen LogP contribution in [0.15, 0.2) is 5.51 Å². The SMILES string of the molecule is Cc1ncsc1CNC1COC1. The van der Waals surface area contributed by atoms with Gasteiger partial charge in [-0.15, -0.1) is 11.3 Å². The van der Waals surface area contributed by atoms with Crippen LogP contribution in [0.4, 0.5) is 0 Å². The average molecular weight is 184 g/mol. The van der Waals surface area contributed by atoms with Crippen LogP contribution in [0.5, 0.6) is 0 Å². The number of rotatable bonds is 3. The van der Waals surface area contributed by atoms with Crippen molar-refractivity contribution in [3.63, 3.8) is 0 Å². The topological polar surface area (TPSA) is 34.2 Å². The van der Waals surface area contributed by atoms with Crippen molar-refractivity contribution >= 4 is 11.3 Å². The minimum atomic E-state index is 0.562. The Balaban J connectivity index is 1.82. The van der Waals surface area contributed by atoms with E-state index in [1.807, 2.05) is 12.4 Å². The summed E-state index contributed by atoms with van der Waals surface area (Å²) < 4.78 is 5.06. The summed E-state index contributed by atoms with van der Waals surface area (Å²) in [6.07, 6.45) is 0. The van der Waals surface area contributed by atoms with E-state index >= 15 is 0 Å². The molecule has 12 heavy (non-hydrogen) atoms. The average Bonchev–Trinajstić information content (AvgIpc) is 2.33. The van der Waals surface area contributed by atoms with Crippen LogP contribution in [0, 0.1) is 6.92 Å². The zero-order chi connectivity index (χ0) is 8.39. The Labute approximate surface area is 75.8 Å². The molecule has 0 radical (unpaired) electrons. The molecular weight excluding hydrogens is 172 g/mol. The lowest BCUT2D eigenvalue weighted by atomic mass is 10.2. The Bertz CT molecular complexity index is 257. The van der Waals surface area contributed by atoms with Crippen LogP contribution in [-0.4, -0.2) is 24.2 Å². The van der Waals surface area contributed by atoms with Crippen molar-refractivity contribution in [2.45, 2.75) is 19.5 Å². The molecular formula is C8H12N2OS. The van der Waals surface area contributed by atoms with Gasteiger partial charge in [-0.2, -0.15) is 0 Å². The van der Waals surface area contributed by atoms with Crippen molar-refractivity contribution in [1.29, 1.82) is 0 Å². The summed E-state index contributed by atoms with van der Waals surface area (Å²) >= 11 is 1.71. The van der Waals surface area contributed by atoms with Crippen LogP contribution in [0.25, 0.3) is 0 Å². The summed E-state index contributed by atoms with van der Waals surface area (Å²) in [5, 5.41) is 3.41. The van der Waals surface area contributed by atoms with Gasteiger partial charge in [-0.25, -0.2) is 4.98 Å². The lowest BCUT2D eigenvalue weighted by Gasteiger charge is -2.26. The second-order valence-corrected chi connectivity index (χ2v) is 3.92. The van der Waals surface area contributed by atoms with Crippen LogP contribution in [0.3, 0.4) is 0 Å². The maximum absolute atomic E-state index is 5.06. The zero-order valence-corrected chi connectivity index (χ0v) is 7.86. The van der Waals surface area contributed by atoms with Crippen LogP contribution in [0.2, 0.25) is 0 Å². The van der Waals surface area contributed by atoms with Gasteiger partial charge in [-0.3, -0.25) is 0 Å². The summed E-state index contributed by atoms with van der Waals surface area (Å²) in [6, 6.07) is 0.562. The maximum atomic E-state index is 5.06. The molecule has 0 atom stereocenters. The first-order chi connectivity index (χ1) is 5.86. The summed E-state index contributed by atoms with van der Waals surface area (Å²) in [7, 11) is 0. The molecule has 0 unspecified atom stereocenters. The van der Waals surface area contributed by atoms with Crippen molar-refractivity contribution in [1.82, 2.24) is 10.3 Å². The van der Waals surface area contributed by atoms with Gasteiger partial charge in [-0.05, 0) is 6.92 Å². The largest absolute Gasteiger partial charge is 0.378 e. The molecule has 1 fully saturated rings. The quantitative estimate of drug-likeness (QED) is 0.759. The molecule has 0 amide bonds. The zero-order valence-electron chi connectivity index (χ0n) is 7.04. The van der Waals surface area contributed by atoms with E-state index in [1.54, 1.807) is 11.3 Å². The maximum Gasteiger partial charge on any atom is 0.0798 e. The van der Waals surface area contributed by atoms with Gasteiger partial charge in [0.2, 0.25) is 0 Å². The molecule has 66 valence electrons. The van der Waals surface area contributed by atoms with E-state index in [4.69, 9.17) is 4.74 Å². The minimum absolute atomic E-state index is 0.562. The van der Waals surface area contributed by atoms with Gasteiger partial charge in [-0.1, -0.05) is 0 Å². The van der Waals surface area contributed by atoms with Gasteiger partial charge in [0.15, 0.2) is 0 Å². The molecule has 1 aliphatic heterocycles. The molecule has 0 aromatic carbocycles. The summed E-state index contributed by atoms with van der Waals surface area (Å²) in [5.41, 5.74) is 3.04. The number of aryl methyl sites for hydroxylation is 1. The molecule has 0 saturated carbocycles. The van der Waals surface area contributed by atoms with E-state index in [-0.39, 0.29) is 0 Å². The third-order valence-corrected chi connectivity index (χ3v) is 2.97. The van der Waals surface area contributed by atoms with Gasteiger partial charge in [0, 0.05) is 11.4 Å². The van der Waals surface area contributed by atoms with Crippen LogP contribution in [0.1, 0.15) is 10.6 Å². The van der Waals surface area contributed by atoms with E-state index in [9.17, 15) is 0 Å². The summed E-state index contributed by atoms with van der Waals surface area (Å²) in [4.78, 5) is 5.52. The fourth-order valence-electron chi connectivity index (χ4n) is 1.09. The summed E-state index contributed by atoms with van der Waals surface area (Å²) in [6.45, 7) is 4.70. The highest BCUT2D eigenvalue weighted by Gasteiger charge is 2.17. The fraction of sp³-hybridized carbons (Fsp3) is 0.625. The van der Waals surface area contributed by atoms with Gasteiger partial charge in [0.05, 0.1) is 30.5 Å². The van der Waals surface area contributed by atoms with E-state index in [0.29, 0.717) is 6.04 Å². The lowest BCUT2D eigenvalue weighted by Crippen LogP contribution is -2.45. The van der Waals surface area contributed by atoms with E-state index < -0.39 is 0 Å². The molecule has 1 aromatic rings. The van der Waals surface area contributed by atoms with Crippen LogP contribution < -0.4 is 5.32 Å². The molecule has 3 nitrogen and oxygen atoms in total. The number of thiazole rings is 1. The molecule has 0 bridgehead atoms. The van der Waals surface area contributed by atoms with Crippen molar-refractivity contribution in [2.75, 3.05) is 13.2 Å². The highest BCUT2D eigenvalue weighted by Crippen LogP contribution is 2.12. The molecule has 2 heterocycles. The van der Waals surface area contributed by atoms with Gasteiger partial charge in [0.25, 0.3) is 0 Å². The fourth-order valence-corrected chi connectivity index (χ4v) is 1.81. The Morgan fingerprint density at radius 2 is 2.58 bits per heavy atom. The predicted octanol–water partition coefficient (Wildman–Crippen LogP) is 0.940. The number of hydrogen-bond donors (Lipinski definition) is 1. The number of nitrogens with zero attached hydrogens (tertiary/aromatic N) is 1. The second-order valence-electron chi connectivity index (χ2n) is 2.98. The van der Waals surface area contributed by atoms with Crippen molar-refractivity contribution in [2.24, 2.45) is 0 Å². The standard InChI is InChI=1S/C8H12N2OS/c1-6-8(12-5-10-6)2-9-7-3-11-4-7/h5,7,9H,2-4H2,1H3. The highest BCUT2D eigenvalue weighted by molar-refractivity contribution is 7.09. The molecule has 2 rings (SSSR count).